The molecule has 1 saturated carbocycles. The Morgan fingerprint density at radius 2 is 1.91 bits per heavy atom. The van der Waals surface area contributed by atoms with Crippen LogP contribution < -0.4 is 10.6 Å². The van der Waals surface area contributed by atoms with Gasteiger partial charge in [0.15, 0.2) is 21.5 Å². The fourth-order valence-corrected chi connectivity index (χ4v) is 5.29. The Bertz CT molecular complexity index is 1230. The summed E-state index contributed by atoms with van der Waals surface area (Å²) in [6.07, 6.45) is 7.52. The number of halogens is 2. The molecule has 1 aromatic carbocycles. The molecule has 11 heteroatoms. The van der Waals surface area contributed by atoms with Gasteiger partial charge in [-0.05, 0) is 25.3 Å². The molecule has 0 unspecified atom stereocenters. The number of aromatic nitrogens is 4. The molecular weight excluding hydrogens is 438 g/mol. The largest absolute Gasteiger partial charge is 0.351 e. The summed E-state index contributed by atoms with van der Waals surface area (Å²) in [5.41, 5.74) is 0.102. The average Bonchev–Trinajstić information content (AvgIpc) is 3.26. The van der Waals surface area contributed by atoms with Gasteiger partial charge in [-0.3, -0.25) is 0 Å². The molecule has 32 heavy (non-hydrogen) atoms. The molecule has 1 aliphatic rings. The van der Waals surface area contributed by atoms with E-state index in [1.807, 2.05) is 0 Å². The first-order valence-electron chi connectivity index (χ1n) is 10.5. The third-order valence-electron chi connectivity index (χ3n) is 5.37. The minimum Gasteiger partial charge on any atom is -0.351 e. The summed E-state index contributed by atoms with van der Waals surface area (Å²) in [5, 5.41) is 5.92. The molecule has 0 radical (unpaired) electrons. The number of benzene rings is 1. The third kappa shape index (κ3) is 4.93. The number of hydrogen-bond acceptors (Lipinski definition) is 8. The van der Waals surface area contributed by atoms with Crippen molar-refractivity contribution in [3.05, 3.63) is 41.9 Å². The Kier molecular flexibility index (Phi) is 6.45. The van der Waals surface area contributed by atoms with Gasteiger partial charge in [0.2, 0.25) is 5.95 Å². The van der Waals surface area contributed by atoms with E-state index < -0.39 is 32.9 Å². The maximum atomic E-state index is 15.1. The SMILES string of the molecule is CCCS(=O)(=O)Cc1ccc(F)c(Nc2ncnc3cnc(NC4CCCC4)nc23)c1F. The van der Waals surface area contributed by atoms with Gasteiger partial charge < -0.3 is 10.6 Å². The zero-order chi connectivity index (χ0) is 22.7. The number of hydrogen-bond donors (Lipinski definition) is 2. The van der Waals surface area contributed by atoms with Crippen LogP contribution in [0.2, 0.25) is 0 Å². The summed E-state index contributed by atoms with van der Waals surface area (Å²) in [6.45, 7) is 1.73. The van der Waals surface area contributed by atoms with E-state index >= 15 is 4.39 Å². The van der Waals surface area contributed by atoms with Crippen LogP contribution in [0.3, 0.4) is 0 Å². The predicted octanol–water partition coefficient (Wildman–Crippen LogP) is 4.12. The number of sulfone groups is 1. The first-order valence-corrected chi connectivity index (χ1v) is 12.4. The molecule has 0 atom stereocenters. The molecule has 4 rings (SSSR count). The van der Waals surface area contributed by atoms with Gasteiger partial charge in [-0.15, -0.1) is 0 Å². The van der Waals surface area contributed by atoms with Crippen LogP contribution in [-0.2, 0) is 15.6 Å². The minimum atomic E-state index is -3.51. The van der Waals surface area contributed by atoms with Crippen molar-refractivity contribution in [2.75, 3.05) is 16.4 Å². The molecule has 0 amide bonds. The molecule has 0 bridgehead atoms. The molecule has 2 heterocycles. The summed E-state index contributed by atoms with van der Waals surface area (Å²) in [6, 6.07) is 2.46. The fourth-order valence-electron chi connectivity index (χ4n) is 3.83. The van der Waals surface area contributed by atoms with Crippen LogP contribution in [-0.4, -0.2) is 40.1 Å². The first-order chi connectivity index (χ1) is 15.4. The van der Waals surface area contributed by atoms with Gasteiger partial charge in [0, 0.05) is 11.6 Å². The molecule has 2 aromatic heterocycles. The van der Waals surface area contributed by atoms with Gasteiger partial charge in [-0.1, -0.05) is 25.8 Å². The van der Waals surface area contributed by atoms with Crippen LogP contribution >= 0.6 is 0 Å². The van der Waals surface area contributed by atoms with Gasteiger partial charge >= 0.3 is 0 Å². The molecule has 0 saturated heterocycles. The van der Waals surface area contributed by atoms with Gasteiger partial charge in [0.25, 0.3) is 0 Å². The highest BCUT2D eigenvalue weighted by molar-refractivity contribution is 7.90. The summed E-state index contributed by atoms with van der Waals surface area (Å²) in [4.78, 5) is 16.9. The first kappa shape index (κ1) is 22.3. The van der Waals surface area contributed by atoms with E-state index in [4.69, 9.17) is 0 Å². The van der Waals surface area contributed by atoms with Crippen molar-refractivity contribution in [3.63, 3.8) is 0 Å². The van der Waals surface area contributed by atoms with Gasteiger partial charge in [-0.2, -0.15) is 0 Å². The number of anilines is 3. The summed E-state index contributed by atoms with van der Waals surface area (Å²) in [5.74, 6) is -1.94. The lowest BCUT2D eigenvalue weighted by Crippen LogP contribution is -2.16. The Hall–Kier alpha value is -2.95. The molecule has 0 aliphatic heterocycles. The van der Waals surface area contributed by atoms with E-state index in [2.05, 4.69) is 30.6 Å². The van der Waals surface area contributed by atoms with Crippen LogP contribution in [0.5, 0.6) is 0 Å². The average molecular weight is 463 g/mol. The van der Waals surface area contributed by atoms with Crippen molar-refractivity contribution < 1.29 is 17.2 Å². The smallest absolute Gasteiger partial charge is 0.223 e. The Labute approximate surface area is 184 Å². The molecule has 0 spiro atoms. The predicted molar refractivity (Wildman–Crippen MR) is 118 cm³/mol. The van der Waals surface area contributed by atoms with Gasteiger partial charge in [-0.25, -0.2) is 37.1 Å². The summed E-state index contributed by atoms with van der Waals surface area (Å²) < 4.78 is 53.9. The second kappa shape index (κ2) is 9.27. The van der Waals surface area contributed by atoms with Crippen molar-refractivity contribution in [2.24, 2.45) is 0 Å². The maximum Gasteiger partial charge on any atom is 0.223 e. The molecule has 2 N–H and O–H groups in total. The molecule has 3 aromatic rings. The quantitative estimate of drug-likeness (QED) is 0.514. The lowest BCUT2D eigenvalue weighted by Gasteiger charge is -2.14. The van der Waals surface area contributed by atoms with E-state index in [-0.39, 0.29) is 23.2 Å². The molecule has 170 valence electrons. The second-order valence-electron chi connectivity index (χ2n) is 7.89. The van der Waals surface area contributed by atoms with Gasteiger partial charge in [0.05, 0.1) is 17.7 Å². The molecule has 1 aliphatic carbocycles. The van der Waals surface area contributed by atoms with Crippen molar-refractivity contribution in [2.45, 2.75) is 50.8 Å². The second-order valence-corrected chi connectivity index (χ2v) is 10.1. The van der Waals surface area contributed by atoms with Crippen LogP contribution in [0, 0.1) is 11.6 Å². The molecule has 1 fully saturated rings. The van der Waals surface area contributed by atoms with Crippen LogP contribution in [0.4, 0.5) is 26.2 Å². The van der Waals surface area contributed by atoms with Crippen LogP contribution in [0.15, 0.2) is 24.7 Å². The van der Waals surface area contributed by atoms with E-state index in [1.54, 1.807) is 6.92 Å². The van der Waals surface area contributed by atoms with Crippen molar-refractivity contribution in [3.8, 4) is 0 Å². The summed E-state index contributed by atoms with van der Waals surface area (Å²) >= 11 is 0. The standard InChI is InChI=1S/C21H24F2N6O2S/c1-2-9-32(30,31)11-13-7-8-15(22)18(17(13)23)28-20-19-16(25-12-26-20)10-24-21(29-19)27-14-5-3-4-6-14/h7-8,10,12,14H,2-6,9,11H2,1H3,(H,24,27,29)(H,25,26,28). The highest BCUT2D eigenvalue weighted by Gasteiger charge is 2.21. The van der Waals surface area contributed by atoms with Crippen molar-refractivity contribution in [1.82, 2.24) is 19.9 Å². The van der Waals surface area contributed by atoms with E-state index in [9.17, 15) is 12.8 Å². The lowest BCUT2D eigenvalue weighted by atomic mass is 10.2. The number of nitrogens with zero attached hydrogens (tertiary/aromatic N) is 4. The fraction of sp³-hybridized carbons (Fsp3) is 0.429. The highest BCUT2D eigenvalue weighted by atomic mass is 32.2. The zero-order valence-electron chi connectivity index (χ0n) is 17.6. The monoisotopic (exact) mass is 462 g/mol. The van der Waals surface area contributed by atoms with E-state index in [0.29, 0.717) is 23.4 Å². The lowest BCUT2D eigenvalue weighted by molar-refractivity contribution is 0.574. The van der Waals surface area contributed by atoms with Gasteiger partial charge in [0.1, 0.15) is 28.9 Å². The number of rotatable bonds is 8. The Morgan fingerprint density at radius 3 is 2.66 bits per heavy atom. The third-order valence-corrected chi connectivity index (χ3v) is 7.15. The minimum absolute atomic E-state index is 0.0726. The van der Waals surface area contributed by atoms with E-state index in [1.165, 1.54) is 12.5 Å². The summed E-state index contributed by atoms with van der Waals surface area (Å²) in [7, 11) is -3.51. The maximum absolute atomic E-state index is 15.1. The van der Waals surface area contributed by atoms with E-state index in [0.717, 1.165) is 37.8 Å². The van der Waals surface area contributed by atoms with Crippen molar-refractivity contribution >= 4 is 38.3 Å². The topological polar surface area (TPSA) is 110 Å². The zero-order valence-corrected chi connectivity index (χ0v) is 18.4. The molecule has 8 nitrogen and oxygen atoms in total. The normalized spacial score (nSPS) is 14.7. The molecular formula is C21H24F2N6O2S. The van der Waals surface area contributed by atoms with Crippen LogP contribution in [0.25, 0.3) is 11.0 Å². The number of fused-ring (bicyclic) bond motifs is 1. The van der Waals surface area contributed by atoms with Crippen LogP contribution in [0.1, 0.15) is 44.6 Å². The Balaban J connectivity index is 1.67. The van der Waals surface area contributed by atoms with Crippen molar-refractivity contribution in [1.29, 1.82) is 0 Å². The number of nitrogens with one attached hydrogen (secondary N) is 2. The highest BCUT2D eigenvalue weighted by Crippen LogP contribution is 2.29. The Morgan fingerprint density at radius 1 is 1.12 bits per heavy atom.